The third-order valence-electron chi connectivity index (χ3n) is 3.03. The smallest absolute Gasteiger partial charge is 0.175 e. The Morgan fingerprint density at radius 3 is 2.10 bits per heavy atom. The van der Waals surface area contributed by atoms with E-state index >= 15 is 0 Å². The molecule has 0 radical (unpaired) electrons. The van der Waals surface area contributed by atoms with Crippen molar-refractivity contribution in [2.45, 2.75) is 18.2 Å². The van der Waals surface area contributed by atoms with Gasteiger partial charge in [0.05, 0.1) is 11.5 Å². The van der Waals surface area contributed by atoms with Crippen LogP contribution in [0.1, 0.15) is 11.1 Å². The monoisotopic (exact) mass is 290 g/mol. The van der Waals surface area contributed by atoms with Gasteiger partial charge in [-0.1, -0.05) is 29.8 Å². The van der Waals surface area contributed by atoms with Crippen LogP contribution in [0.5, 0.6) is 5.75 Å². The van der Waals surface area contributed by atoms with E-state index in [9.17, 15) is 8.42 Å². The Hall–Kier alpha value is -1.81. The van der Waals surface area contributed by atoms with Crippen molar-refractivity contribution in [1.82, 2.24) is 0 Å². The SMILES string of the molecule is Cc1ccc(OCCc2ccc(S(C)(=O)=O)cc2)cc1. The number of hydrogen-bond donors (Lipinski definition) is 0. The van der Waals surface area contributed by atoms with Crippen LogP contribution in [0, 0.1) is 6.92 Å². The summed E-state index contributed by atoms with van der Waals surface area (Å²) in [5.74, 6) is 0.850. The van der Waals surface area contributed by atoms with Gasteiger partial charge in [0.2, 0.25) is 0 Å². The lowest BCUT2D eigenvalue weighted by molar-refractivity contribution is 0.322. The molecule has 0 aromatic heterocycles. The Kier molecular flexibility index (Phi) is 4.45. The quantitative estimate of drug-likeness (QED) is 0.850. The van der Waals surface area contributed by atoms with Crippen LogP contribution in [0.15, 0.2) is 53.4 Å². The van der Waals surface area contributed by atoms with Crippen LogP contribution in [0.2, 0.25) is 0 Å². The molecule has 2 aromatic rings. The standard InChI is InChI=1S/C16H18O3S/c1-13-3-7-15(8-4-13)19-12-11-14-5-9-16(10-6-14)20(2,17)18/h3-10H,11-12H2,1-2H3. The zero-order chi connectivity index (χ0) is 14.6. The van der Waals surface area contributed by atoms with Gasteiger partial charge >= 0.3 is 0 Å². The van der Waals surface area contributed by atoms with E-state index in [1.165, 1.54) is 11.8 Å². The Morgan fingerprint density at radius 2 is 1.55 bits per heavy atom. The zero-order valence-corrected chi connectivity index (χ0v) is 12.5. The summed E-state index contributed by atoms with van der Waals surface area (Å²) in [5.41, 5.74) is 2.26. The Labute approximate surface area is 120 Å². The molecule has 106 valence electrons. The van der Waals surface area contributed by atoms with E-state index in [4.69, 9.17) is 4.74 Å². The van der Waals surface area contributed by atoms with Crippen LogP contribution >= 0.6 is 0 Å². The number of hydrogen-bond acceptors (Lipinski definition) is 3. The van der Waals surface area contributed by atoms with Crippen LogP contribution in [0.25, 0.3) is 0 Å². The van der Waals surface area contributed by atoms with Crippen molar-refractivity contribution in [3.8, 4) is 5.75 Å². The van der Waals surface area contributed by atoms with Crippen molar-refractivity contribution >= 4 is 9.84 Å². The largest absolute Gasteiger partial charge is 0.493 e. The molecule has 0 saturated heterocycles. The van der Waals surface area contributed by atoms with Crippen molar-refractivity contribution in [3.05, 3.63) is 59.7 Å². The topological polar surface area (TPSA) is 43.4 Å². The van der Waals surface area contributed by atoms with E-state index in [0.717, 1.165) is 17.7 Å². The molecule has 0 fully saturated rings. The number of rotatable bonds is 5. The minimum Gasteiger partial charge on any atom is -0.493 e. The molecule has 0 atom stereocenters. The molecule has 0 spiro atoms. The maximum atomic E-state index is 11.3. The first-order valence-electron chi connectivity index (χ1n) is 6.43. The summed E-state index contributed by atoms with van der Waals surface area (Å²) in [6, 6.07) is 14.8. The predicted octanol–water partition coefficient (Wildman–Crippen LogP) is 3.02. The number of sulfone groups is 1. The normalized spacial score (nSPS) is 11.3. The van der Waals surface area contributed by atoms with Crippen LogP contribution < -0.4 is 4.74 Å². The van der Waals surface area contributed by atoms with E-state index < -0.39 is 9.84 Å². The van der Waals surface area contributed by atoms with Crippen molar-refractivity contribution < 1.29 is 13.2 Å². The van der Waals surface area contributed by atoms with E-state index in [-0.39, 0.29) is 0 Å². The summed E-state index contributed by atoms with van der Waals surface area (Å²) < 4.78 is 28.3. The zero-order valence-electron chi connectivity index (χ0n) is 11.7. The van der Waals surface area contributed by atoms with Gasteiger partial charge < -0.3 is 4.74 Å². The number of aryl methyl sites for hydroxylation is 1. The van der Waals surface area contributed by atoms with Crippen molar-refractivity contribution in [2.75, 3.05) is 12.9 Å². The molecule has 0 N–H and O–H groups in total. The van der Waals surface area contributed by atoms with Gasteiger partial charge in [0.1, 0.15) is 5.75 Å². The fraction of sp³-hybridized carbons (Fsp3) is 0.250. The number of ether oxygens (including phenoxy) is 1. The highest BCUT2D eigenvalue weighted by molar-refractivity contribution is 7.90. The van der Waals surface area contributed by atoms with Gasteiger partial charge in [0, 0.05) is 12.7 Å². The maximum absolute atomic E-state index is 11.3. The van der Waals surface area contributed by atoms with Crippen molar-refractivity contribution in [1.29, 1.82) is 0 Å². The minimum atomic E-state index is -3.12. The highest BCUT2D eigenvalue weighted by Gasteiger charge is 2.05. The molecule has 20 heavy (non-hydrogen) atoms. The first-order chi connectivity index (χ1) is 9.45. The molecule has 2 aromatic carbocycles. The molecule has 0 bridgehead atoms. The Balaban J connectivity index is 1.90. The molecular formula is C16H18O3S. The first kappa shape index (κ1) is 14.6. The van der Waals surface area contributed by atoms with Gasteiger partial charge in [-0.3, -0.25) is 0 Å². The van der Waals surface area contributed by atoms with Gasteiger partial charge in [-0.05, 0) is 36.8 Å². The molecule has 3 nitrogen and oxygen atoms in total. The molecule has 0 aliphatic carbocycles. The van der Waals surface area contributed by atoms with Crippen LogP contribution in [0.3, 0.4) is 0 Å². The van der Waals surface area contributed by atoms with E-state index in [2.05, 4.69) is 0 Å². The molecule has 0 aliphatic rings. The van der Waals surface area contributed by atoms with E-state index in [1.807, 2.05) is 43.3 Å². The van der Waals surface area contributed by atoms with Gasteiger partial charge in [-0.15, -0.1) is 0 Å². The van der Waals surface area contributed by atoms with Crippen molar-refractivity contribution in [3.63, 3.8) is 0 Å². The first-order valence-corrected chi connectivity index (χ1v) is 8.33. The fourth-order valence-electron chi connectivity index (χ4n) is 1.82. The third-order valence-corrected chi connectivity index (χ3v) is 4.16. The third kappa shape index (κ3) is 4.10. The van der Waals surface area contributed by atoms with E-state index in [0.29, 0.717) is 11.5 Å². The maximum Gasteiger partial charge on any atom is 0.175 e. The fourth-order valence-corrected chi connectivity index (χ4v) is 2.46. The molecule has 0 saturated carbocycles. The lowest BCUT2D eigenvalue weighted by atomic mass is 10.2. The molecule has 0 heterocycles. The van der Waals surface area contributed by atoms with Gasteiger partial charge in [-0.2, -0.15) is 0 Å². The van der Waals surface area contributed by atoms with Crippen LogP contribution in [-0.2, 0) is 16.3 Å². The highest BCUT2D eigenvalue weighted by atomic mass is 32.2. The second-order valence-corrected chi connectivity index (χ2v) is 6.84. The molecule has 0 aliphatic heterocycles. The summed E-state index contributed by atoms with van der Waals surface area (Å²) in [4.78, 5) is 0.348. The lowest BCUT2D eigenvalue weighted by Gasteiger charge is -2.07. The number of benzene rings is 2. The van der Waals surface area contributed by atoms with Gasteiger partial charge in [0.15, 0.2) is 9.84 Å². The molecule has 4 heteroatoms. The summed E-state index contributed by atoms with van der Waals surface area (Å²) in [6.45, 7) is 2.61. The molecule has 2 rings (SSSR count). The average molecular weight is 290 g/mol. The second kappa shape index (κ2) is 6.09. The lowest BCUT2D eigenvalue weighted by Crippen LogP contribution is -2.02. The highest BCUT2D eigenvalue weighted by Crippen LogP contribution is 2.13. The van der Waals surface area contributed by atoms with Crippen LogP contribution in [-0.4, -0.2) is 21.3 Å². The summed E-state index contributed by atoms with van der Waals surface area (Å²) in [7, 11) is -3.12. The van der Waals surface area contributed by atoms with Crippen LogP contribution in [0.4, 0.5) is 0 Å². The van der Waals surface area contributed by atoms with Crippen molar-refractivity contribution in [2.24, 2.45) is 0 Å². The predicted molar refractivity (Wildman–Crippen MR) is 79.9 cm³/mol. The minimum absolute atomic E-state index is 0.348. The Morgan fingerprint density at radius 1 is 0.950 bits per heavy atom. The Bertz CT molecular complexity index is 656. The molecular weight excluding hydrogens is 272 g/mol. The van der Waals surface area contributed by atoms with E-state index in [1.54, 1.807) is 12.1 Å². The second-order valence-electron chi connectivity index (χ2n) is 4.83. The van der Waals surface area contributed by atoms with Gasteiger partial charge in [-0.25, -0.2) is 8.42 Å². The average Bonchev–Trinajstić information content (AvgIpc) is 2.41. The molecule has 0 amide bonds. The van der Waals surface area contributed by atoms with Gasteiger partial charge in [0.25, 0.3) is 0 Å². The summed E-state index contributed by atoms with van der Waals surface area (Å²) in [6.07, 6.45) is 1.96. The molecule has 0 unspecified atom stereocenters. The summed E-state index contributed by atoms with van der Waals surface area (Å²) in [5, 5.41) is 0. The summed E-state index contributed by atoms with van der Waals surface area (Å²) >= 11 is 0.